The molecule has 0 bridgehead atoms. The number of carbonyl (C=O) groups is 3. The van der Waals surface area contributed by atoms with E-state index >= 15 is 0 Å². The summed E-state index contributed by atoms with van der Waals surface area (Å²) in [6.07, 6.45) is -12.3. The summed E-state index contributed by atoms with van der Waals surface area (Å²) in [5, 5.41) is 56.0. The number of hydrogen-bond acceptors (Lipinski definition) is 16. The molecule has 12 aromatic rings. The number of alkyl halides is 9. The van der Waals surface area contributed by atoms with Crippen LogP contribution in [0.3, 0.4) is 0 Å². The molecule has 0 fully saturated rings. The molecule has 25 nitrogen and oxygen atoms in total. The van der Waals surface area contributed by atoms with E-state index in [0.29, 0.717) is 82.5 Å². The third kappa shape index (κ3) is 15.7. The van der Waals surface area contributed by atoms with E-state index in [1.807, 2.05) is 54.6 Å². The number of halogens is 10. The molecule has 3 aliphatic heterocycles. The van der Waals surface area contributed by atoms with Crippen LogP contribution in [0.2, 0.25) is 0 Å². The Morgan fingerprint density at radius 1 is 0.406 bits per heavy atom. The zero-order valence-corrected chi connectivity index (χ0v) is 53.1. The van der Waals surface area contributed by atoms with Crippen molar-refractivity contribution in [1.82, 2.24) is 90.0 Å². The molecule has 0 saturated heterocycles. The monoisotopic (exact) mass is 1420 g/mol. The fraction of sp³-hybridized carbons (Fsp3) is 0.227. The van der Waals surface area contributed by atoms with Crippen molar-refractivity contribution < 1.29 is 59.0 Å². The van der Waals surface area contributed by atoms with Crippen molar-refractivity contribution in [3.05, 3.63) is 262 Å². The van der Waals surface area contributed by atoms with Crippen LogP contribution in [0.1, 0.15) is 99.8 Å². The summed E-state index contributed by atoms with van der Waals surface area (Å²) in [5.74, 6) is -4.03. The molecule has 6 aromatic carbocycles. The zero-order chi connectivity index (χ0) is 70.6. The highest BCUT2D eigenvalue weighted by molar-refractivity contribution is 5.95. The van der Waals surface area contributed by atoms with E-state index in [-0.39, 0.29) is 104 Å². The van der Waals surface area contributed by atoms with Crippen LogP contribution in [0.5, 0.6) is 0 Å². The number of H-pyrrole nitrogens is 3. The second kappa shape index (κ2) is 29.3. The Morgan fingerprint density at radius 2 is 0.733 bits per heavy atom. The van der Waals surface area contributed by atoms with Gasteiger partial charge in [0, 0.05) is 85.8 Å². The maximum Gasteiger partial charge on any atom is 0.451 e. The number of aromatic amines is 3. The molecule has 6 aromatic heterocycles. The normalized spacial score (nSPS) is 13.5. The highest BCUT2D eigenvalue weighted by Crippen LogP contribution is 2.33. The molecule has 2 amide bonds. The van der Waals surface area contributed by atoms with Gasteiger partial charge in [0.2, 0.25) is 17.5 Å². The molecule has 520 valence electrons. The molecule has 0 saturated carbocycles. The van der Waals surface area contributed by atoms with E-state index < -0.39 is 42.0 Å². The average Bonchev–Trinajstić information content (AvgIpc) is 1.77. The van der Waals surface area contributed by atoms with Gasteiger partial charge < -0.3 is 33.9 Å². The molecule has 0 aliphatic carbocycles. The summed E-state index contributed by atoms with van der Waals surface area (Å²) < 4.78 is 118. The van der Waals surface area contributed by atoms with Crippen molar-refractivity contribution >= 4 is 62.5 Å². The first-order chi connectivity index (χ1) is 47.9. The lowest BCUT2D eigenvalue weighted by Gasteiger charge is -2.28. The summed E-state index contributed by atoms with van der Waals surface area (Å²) in [7, 11) is 0. The van der Waals surface area contributed by atoms with E-state index in [0.717, 1.165) is 46.6 Å². The first-order valence-corrected chi connectivity index (χ1v) is 30.5. The highest BCUT2D eigenvalue weighted by Gasteiger charge is 2.42. The topological polar surface area (TPSA) is 319 Å². The number of hydrogen-bond donors (Lipinski definition) is 5. The Balaban J connectivity index is 0.000000142. The number of carbonyl (C=O) groups excluding carboxylic acids is 2. The van der Waals surface area contributed by atoms with Gasteiger partial charge in [0.05, 0.1) is 58.4 Å². The molecule has 15 rings (SSSR count). The van der Waals surface area contributed by atoms with Gasteiger partial charge in [-0.05, 0) is 71.3 Å². The van der Waals surface area contributed by atoms with Crippen LogP contribution in [-0.2, 0) is 77.1 Å². The third-order valence-corrected chi connectivity index (χ3v) is 16.4. The number of carboxylic acids is 1. The second-order valence-electron chi connectivity index (χ2n) is 23.0. The fourth-order valence-electron chi connectivity index (χ4n) is 11.7. The number of fused-ring (bicyclic) bond motifs is 6. The molecule has 0 unspecified atom stereocenters. The van der Waals surface area contributed by atoms with Crippen LogP contribution >= 0.6 is 12.4 Å². The van der Waals surface area contributed by atoms with Crippen molar-refractivity contribution in [3.63, 3.8) is 0 Å². The van der Waals surface area contributed by atoms with Gasteiger partial charge in [-0.3, -0.25) is 24.0 Å². The molecular weight excluding hydrogens is 1360 g/mol. The van der Waals surface area contributed by atoms with Gasteiger partial charge in [-0.1, -0.05) is 91.0 Å². The Bertz CT molecular complexity index is 5060. The Kier molecular flexibility index (Phi) is 20.5. The number of aromatic carboxylic acids is 1. The van der Waals surface area contributed by atoms with E-state index in [2.05, 4.69) is 66.5 Å². The smallest absolute Gasteiger partial charge is 0.451 e. The van der Waals surface area contributed by atoms with Crippen LogP contribution in [0, 0.1) is 0 Å². The van der Waals surface area contributed by atoms with E-state index in [1.165, 1.54) is 9.80 Å². The maximum atomic E-state index is 13.1. The predicted molar refractivity (Wildman–Crippen MR) is 345 cm³/mol. The molecule has 0 spiro atoms. The van der Waals surface area contributed by atoms with E-state index in [4.69, 9.17) is 5.11 Å². The van der Waals surface area contributed by atoms with Crippen LogP contribution in [0.4, 0.5) is 39.5 Å². The number of benzene rings is 6. The summed E-state index contributed by atoms with van der Waals surface area (Å²) in [6, 6.07) is 42.2. The number of carboxylic acid groups (broad SMARTS) is 1. The van der Waals surface area contributed by atoms with Crippen molar-refractivity contribution in [1.29, 1.82) is 0 Å². The lowest BCUT2D eigenvalue weighted by Crippen LogP contribution is -2.39. The fourth-order valence-corrected chi connectivity index (χ4v) is 11.7. The zero-order valence-electron chi connectivity index (χ0n) is 52.3. The number of aromatic nitrogens is 15. The maximum absolute atomic E-state index is 13.1. The summed E-state index contributed by atoms with van der Waals surface area (Å²) in [6.45, 7) is 1.20. The van der Waals surface area contributed by atoms with Crippen LogP contribution in [0.25, 0.3) is 32.3 Å². The predicted octanol–water partition coefficient (Wildman–Crippen LogP) is 8.59. The van der Waals surface area contributed by atoms with Gasteiger partial charge in [0.1, 0.15) is 5.82 Å². The van der Waals surface area contributed by atoms with Crippen molar-refractivity contribution in [2.45, 2.75) is 77.1 Å². The quantitative estimate of drug-likeness (QED) is 0.0844. The van der Waals surface area contributed by atoms with Gasteiger partial charge in [0.25, 0.3) is 28.5 Å². The van der Waals surface area contributed by atoms with Crippen molar-refractivity contribution in [2.24, 2.45) is 0 Å². The first kappa shape index (κ1) is 70.5. The van der Waals surface area contributed by atoms with E-state index in [1.54, 1.807) is 91.0 Å². The standard InChI is InChI=1S/2C22H17F3N6O2.C16H12N2O3.C6H7F3N4.ClH/c2*23-22(24,25)21-29-27-18-12-30(8-9-31(18)21)20(33)14-5-3-4-13(10-14)11-17-15-6-1-2-7-16(15)19(32)28-26-17;19-15-13-7-2-1-6-12(13)14(17-18-15)9-10-4-3-5-11(8-10)16(20)21;7-6(8,9)5-12-11-4-3-10-1-2-13(4)5;/h2*1-7,10H,8-9,11-12H2,(H,28,32);1-8H,9H2,(H,18,19)(H,20,21);10H,1-3H2;1H. The van der Waals surface area contributed by atoms with Gasteiger partial charge in [-0.15, -0.1) is 43.0 Å². The molecule has 5 N–H and O–H groups in total. The summed E-state index contributed by atoms with van der Waals surface area (Å²) >= 11 is 0. The lowest BCUT2D eigenvalue weighted by atomic mass is 10.0. The van der Waals surface area contributed by atoms with Gasteiger partial charge in [-0.2, -0.15) is 54.8 Å². The largest absolute Gasteiger partial charge is 0.478 e. The minimum atomic E-state index is -4.59. The molecular formula is C66H54ClF9N18O7. The first-order valence-electron chi connectivity index (χ1n) is 30.5. The highest BCUT2D eigenvalue weighted by atomic mass is 35.5. The molecule has 3 aliphatic rings. The van der Waals surface area contributed by atoms with Crippen LogP contribution < -0.4 is 22.0 Å². The molecule has 35 heteroatoms. The second-order valence-corrected chi connectivity index (χ2v) is 23.0. The van der Waals surface area contributed by atoms with E-state index in [9.17, 15) is 68.3 Å². The van der Waals surface area contributed by atoms with Gasteiger partial charge in [0.15, 0.2) is 11.6 Å². The number of amides is 2. The van der Waals surface area contributed by atoms with Crippen molar-refractivity contribution in [3.8, 4) is 0 Å². The minimum absolute atomic E-state index is 0. The van der Waals surface area contributed by atoms with Gasteiger partial charge in [-0.25, -0.2) is 20.1 Å². The SMILES string of the molecule is Cl.FC(F)(F)c1nnc2n1CCNC2.O=C(O)c1cccc(Cc2n[nH]c(=O)c3ccccc23)c1.O=C(c1cccc(Cc2n[nH]c(=O)c3ccccc23)c1)N1CCn2c(nnc2C(F)(F)F)C1.O=C(c1cccc(Cc2n[nH]c(=O)c3ccccc23)c1)N1CCn2c(nnc2C(F)(F)F)C1. The minimum Gasteiger partial charge on any atom is -0.478 e. The molecule has 0 radical (unpaired) electrons. The Labute approximate surface area is 568 Å². The van der Waals surface area contributed by atoms with Crippen molar-refractivity contribution in [2.75, 3.05) is 19.6 Å². The number of nitrogens with zero attached hydrogens (tertiary/aromatic N) is 14. The summed E-state index contributed by atoms with van der Waals surface area (Å²) in [5.41, 5.74) is 4.78. The Hall–Kier alpha value is -11.8. The number of nitrogens with one attached hydrogen (secondary N) is 4. The third-order valence-electron chi connectivity index (χ3n) is 16.4. The number of rotatable bonds is 9. The Morgan fingerprint density at radius 3 is 1.09 bits per heavy atom. The molecule has 0 atom stereocenters. The van der Waals surface area contributed by atoms with Gasteiger partial charge >= 0.3 is 24.5 Å². The summed E-state index contributed by atoms with van der Waals surface area (Å²) in [4.78, 5) is 75.8. The lowest BCUT2D eigenvalue weighted by molar-refractivity contribution is -0.148. The molecule has 9 heterocycles. The average molecular weight is 1420 g/mol. The van der Waals surface area contributed by atoms with Crippen LogP contribution in [0.15, 0.2) is 160 Å². The van der Waals surface area contributed by atoms with Crippen LogP contribution in [-0.4, -0.2) is 127 Å². The molecule has 101 heavy (non-hydrogen) atoms.